The van der Waals surface area contributed by atoms with Crippen molar-refractivity contribution in [2.45, 2.75) is 19.5 Å². The summed E-state index contributed by atoms with van der Waals surface area (Å²) in [6.45, 7) is 3.58. The summed E-state index contributed by atoms with van der Waals surface area (Å²) in [7, 11) is 0. The highest BCUT2D eigenvalue weighted by atomic mass is 15.1. The van der Waals surface area contributed by atoms with Crippen LogP contribution in [0.1, 0.15) is 19.4 Å². The third-order valence-corrected chi connectivity index (χ3v) is 3.33. The van der Waals surface area contributed by atoms with Crippen LogP contribution >= 0.6 is 0 Å². The summed E-state index contributed by atoms with van der Waals surface area (Å²) >= 11 is 0. The Morgan fingerprint density at radius 2 is 1.79 bits per heavy atom. The van der Waals surface area contributed by atoms with E-state index in [1.54, 1.807) is 20.1 Å². The molecule has 0 spiro atoms. The molecule has 3 atom stereocenters. The van der Waals surface area contributed by atoms with Gasteiger partial charge in [-0.2, -0.15) is 10.5 Å². The molecule has 0 fully saturated rings. The first-order chi connectivity index (χ1) is 9.14. The predicted molar refractivity (Wildman–Crippen MR) is 73.6 cm³/mol. The second-order valence-electron chi connectivity index (χ2n) is 4.59. The Labute approximate surface area is 112 Å². The van der Waals surface area contributed by atoms with E-state index in [2.05, 4.69) is 22.1 Å². The first-order valence-electron chi connectivity index (χ1n) is 6.13. The van der Waals surface area contributed by atoms with Crippen molar-refractivity contribution in [2.24, 2.45) is 21.8 Å². The zero-order valence-corrected chi connectivity index (χ0v) is 10.9. The molecule has 0 amide bonds. The van der Waals surface area contributed by atoms with E-state index < -0.39 is 11.6 Å². The first kappa shape index (κ1) is 13.0. The van der Waals surface area contributed by atoms with Crippen molar-refractivity contribution >= 4 is 11.9 Å². The SMILES string of the molecule is CC(C#N)C1=NC(c2ccccc2)(C(C)C#N)N=C1. The molecule has 0 saturated heterocycles. The fourth-order valence-electron chi connectivity index (χ4n) is 2.07. The summed E-state index contributed by atoms with van der Waals surface area (Å²) in [6, 6.07) is 13.9. The monoisotopic (exact) mass is 250 g/mol. The van der Waals surface area contributed by atoms with E-state index in [9.17, 15) is 5.26 Å². The van der Waals surface area contributed by atoms with E-state index >= 15 is 0 Å². The van der Waals surface area contributed by atoms with Crippen LogP contribution in [0.2, 0.25) is 0 Å². The van der Waals surface area contributed by atoms with Gasteiger partial charge in [-0.25, -0.2) is 0 Å². The molecule has 1 heterocycles. The minimum absolute atomic E-state index is 0.319. The number of rotatable bonds is 3. The standard InChI is InChI=1S/C15H14N4/c1-11(8-16)14-10-18-15(19-14,12(2)9-17)13-6-4-3-5-7-13/h3-7,10-12H,1-2H3. The lowest BCUT2D eigenvalue weighted by Gasteiger charge is -2.26. The van der Waals surface area contributed by atoms with E-state index in [0.717, 1.165) is 5.56 Å². The predicted octanol–water partition coefficient (Wildman–Crippen LogP) is 2.68. The molecular formula is C15H14N4. The summed E-state index contributed by atoms with van der Waals surface area (Å²) in [5, 5.41) is 18.2. The molecule has 0 aromatic heterocycles. The van der Waals surface area contributed by atoms with Crippen LogP contribution in [0.4, 0.5) is 0 Å². The van der Waals surface area contributed by atoms with Gasteiger partial charge in [0.1, 0.15) is 0 Å². The van der Waals surface area contributed by atoms with Crippen LogP contribution in [0, 0.1) is 34.5 Å². The largest absolute Gasteiger partial charge is 0.255 e. The van der Waals surface area contributed by atoms with E-state index in [1.165, 1.54) is 0 Å². The number of hydrogen-bond donors (Lipinski definition) is 0. The highest BCUT2D eigenvalue weighted by molar-refractivity contribution is 6.33. The third-order valence-electron chi connectivity index (χ3n) is 3.33. The van der Waals surface area contributed by atoms with Crippen molar-refractivity contribution in [2.75, 3.05) is 0 Å². The van der Waals surface area contributed by atoms with Crippen LogP contribution in [-0.2, 0) is 5.66 Å². The van der Waals surface area contributed by atoms with Crippen molar-refractivity contribution in [1.29, 1.82) is 10.5 Å². The summed E-state index contributed by atoms with van der Waals surface area (Å²) in [4.78, 5) is 9.04. The van der Waals surface area contributed by atoms with Crippen molar-refractivity contribution in [3.8, 4) is 12.1 Å². The molecule has 1 aromatic carbocycles. The molecule has 3 unspecified atom stereocenters. The molecule has 19 heavy (non-hydrogen) atoms. The fourth-order valence-corrected chi connectivity index (χ4v) is 2.07. The molecule has 1 aliphatic heterocycles. The van der Waals surface area contributed by atoms with Gasteiger partial charge in [0.15, 0.2) is 5.66 Å². The summed E-state index contributed by atoms with van der Waals surface area (Å²) in [5.74, 6) is -0.713. The minimum atomic E-state index is -0.906. The zero-order chi connectivity index (χ0) is 13.9. The smallest absolute Gasteiger partial charge is 0.191 e. The van der Waals surface area contributed by atoms with Crippen LogP contribution in [-0.4, -0.2) is 11.9 Å². The van der Waals surface area contributed by atoms with Crippen LogP contribution < -0.4 is 0 Å². The van der Waals surface area contributed by atoms with Crippen molar-refractivity contribution in [3.63, 3.8) is 0 Å². The Morgan fingerprint density at radius 3 is 2.37 bits per heavy atom. The average Bonchev–Trinajstić information content (AvgIpc) is 2.93. The Morgan fingerprint density at radius 1 is 1.11 bits per heavy atom. The average molecular weight is 250 g/mol. The maximum atomic E-state index is 9.25. The molecule has 4 heteroatoms. The molecule has 94 valence electrons. The maximum Gasteiger partial charge on any atom is 0.191 e. The van der Waals surface area contributed by atoms with Gasteiger partial charge in [-0.05, 0) is 13.8 Å². The molecule has 2 rings (SSSR count). The van der Waals surface area contributed by atoms with Gasteiger partial charge < -0.3 is 0 Å². The molecule has 1 aliphatic rings. The van der Waals surface area contributed by atoms with Crippen molar-refractivity contribution in [3.05, 3.63) is 35.9 Å². The maximum absolute atomic E-state index is 9.25. The van der Waals surface area contributed by atoms with Gasteiger partial charge in [0.2, 0.25) is 0 Å². The Balaban J connectivity index is 2.53. The topological polar surface area (TPSA) is 72.3 Å². The van der Waals surface area contributed by atoms with E-state index in [-0.39, 0.29) is 5.92 Å². The molecule has 0 N–H and O–H groups in total. The lowest BCUT2D eigenvalue weighted by molar-refractivity contribution is 0.384. The van der Waals surface area contributed by atoms with Gasteiger partial charge >= 0.3 is 0 Å². The number of nitrogens with zero attached hydrogens (tertiary/aromatic N) is 4. The van der Waals surface area contributed by atoms with Gasteiger partial charge in [-0.1, -0.05) is 30.3 Å². The fraction of sp³-hybridized carbons (Fsp3) is 0.333. The van der Waals surface area contributed by atoms with E-state index in [4.69, 9.17) is 5.26 Å². The third kappa shape index (κ3) is 2.13. The Bertz CT molecular complexity index is 603. The Kier molecular flexibility index (Phi) is 3.44. The van der Waals surface area contributed by atoms with E-state index in [0.29, 0.717) is 5.71 Å². The highest BCUT2D eigenvalue weighted by Crippen LogP contribution is 2.38. The molecule has 1 aromatic rings. The molecular weight excluding hydrogens is 236 g/mol. The summed E-state index contributed by atoms with van der Waals surface area (Å²) in [6.07, 6.45) is 1.62. The zero-order valence-electron chi connectivity index (χ0n) is 10.9. The van der Waals surface area contributed by atoms with Crippen molar-refractivity contribution < 1.29 is 0 Å². The van der Waals surface area contributed by atoms with Crippen LogP contribution in [0.15, 0.2) is 40.3 Å². The van der Waals surface area contributed by atoms with Gasteiger partial charge in [-0.15, -0.1) is 0 Å². The lowest BCUT2D eigenvalue weighted by atomic mass is 9.89. The number of hydrogen-bond acceptors (Lipinski definition) is 4. The normalized spacial score (nSPS) is 24.1. The van der Waals surface area contributed by atoms with Crippen LogP contribution in [0.5, 0.6) is 0 Å². The van der Waals surface area contributed by atoms with Gasteiger partial charge in [0.05, 0.1) is 29.7 Å². The molecule has 0 bridgehead atoms. The van der Waals surface area contributed by atoms with Crippen LogP contribution in [0.3, 0.4) is 0 Å². The van der Waals surface area contributed by atoms with Crippen molar-refractivity contribution in [1.82, 2.24) is 0 Å². The Hall–Kier alpha value is -2.46. The van der Waals surface area contributed by atoms with Gasteiger partial charge in [-0.3, -0.25) is 9.98 Å². The second-order valence-corrected chi connectivity index (χ2v) is 4.59. The molecule has 4 nitrogen and oxygen atoms in total. The minimum Gasteiger partial charge on any atom is -0.255 e. The molecule has 0 aliphatic carbocycles. The summed E-state index contributed by atoms with van der Waals surface area (Å²) < 4.78 is 0. The van der Waals surface area contributed by atoms with Gasteiger partial charge in [0, 0.05) is 11.8 Å². The van der Waals surface area contributed by atoms with E-state index in [1.807, 2.05) is 30.3 Å². The second kappa shape index (κ2) is 5.04. The molecule has 0 radical (unpaired) electrons. The first-order valence-corrected chi connectivity index (χ1v) is 6.13. The summed E-state index contributed by atoms with van der Waals surface area (Å²) in [5.41, 5.74) is 0.602. The van der Waals surface area contributed by atoms with Gasteiger partial charge in [0.25, 0.3) is 0 Å². The number of nitriles is 2. The quantitative estimate of drug-likeness (QED) is 0.827. The molecule has 0 saturated carbocycles. The van der Waals surface area contributed by atoms with Crippen LogP contribution in [0.25, 0.3) is 0 Å². The number of benzene rings is 1. The lowest BCUT2D eigenvalue weighted by Crippen LogP contribution is -2.27. The highest BCUT2D eigenvalue weighted by Gasteiger charge is 2.41. The number of aliphatic imine (C=N–C) groups is 2.